The molecule has 0 aliphatic heterocycles. The van der Waals surface area contributed by atoms with Crippen molar-refractivity contribution >= 4 is 34.0 Å². The van der Waals surface area contributed by atoms with Crippen LogP contribution in [0.3, 0.4) is 0 Å². The Labute approximate surface area is 356 Å². The number of thiazole rings is 3. The van der Waals surface area contributed by atoms with E-state index in [0.717, 1.165) is 33.6 Å². The Bertz CT molecular complexity index is 1740. The largest absolute Gasteiger partial charge is 0.349 e. The topological polar surface area (TPSA) is 135 Å². The molecule has 0 fully saturated rings. The van der Waals surface area contributed by atoms with Gasteiger partial charge in [-0.15, -0.1) is 34.0 Å². The number of rotatable bonds is 0. The molecular formula is C45H56N10S3. The van der Waals surface area contributed by atoms with Crippen LogP contribution in [0.5, 0.6) is 0 Å². The van der Waals surface area contributed by atoms with Crippen molar-refractivity contribution in [2.75, 3.05) is 0 Å². The predicted octanol–water partition coefficient (Wildman–Crippen LogP) is 12.0. The zero-order valence-electron chi connectivity index (χ0n) is 34.9. The molecule has 0 saturated carbocycles. The summed E-state index contributed by atoms with van der Waals surface area (Å²) in [5.74, 6) is 0.968. The number of hydrogen-bond donors (Lipinski definition) is 2. The van der Waals surface area contributed by atoms with Crippen LogP contribution < -0.4 is 0 Å². The van der Waals surface area contributed by atoms with Gasteiger partial charge in [0, 0.05) is 94.2 Å². The molecule has 8 aromatic heterocycles. The van der Waals surface area contributed by atoms with Crippen LogP contribution in [-0.2, 0) is 0 Å². The molecule has 10 nitrogen and oxygen atoms in total. The quantitative estimate of drug-likeness (QED) is 0.154. The second-order valence-corrected chi connectivity index (χ2v) is 14.7. The molecule has 1 aromatic carbocycles. The molecule has 0 unspecified atom stereocenters. The summed E-state index contributed by atoms with van der Waals surface area (Å²) in [7, 11) is 0. The minimum Gasteiger partial charge on any atom is -0.349 e. The Kier molecular flexibility index (Phi) is 29.5. The number of H-pyrrole nitrogens is 2. The van der Waals surface area contributed by atoms with Crippen molar-refractivity contribution in [3.63, 3.8) is 0 Å². The molecule has 304 valence electrons. The van der Waals surface area contributed by atoms with Gasteiger partial charge in [-0.2, -0.15) is 0 Å². The number of benzene rings is 1. The van der Waals surface area contributed by atoms with Crippen molar-refractivity contribution in [3.05, 3.63) is 212 Å². The highest BCUT2D eigenvalue weighted by Gasteiger charge is 1.79. The highest BCUT2D eigenvalue weighted by atomic mass is 32.1. The molecule has 0 aliphatic rings. The van der Waals surface area contributed by atoms with E-state index in [9.17, 15) is 0 Å². The Morgan fingerprint density at radius 1 is 0.466 bits per heavy atom. The van der Waals surface area contributed by atoms with Crippen LogP contribution in [0.2, 0.25) is 0 Å². The van der Waals surface area contributed by atoms with Crippen LogP contribution >= 0.6 is 34.0 Å². The molecule has 58 heavy (non-hydrogen) atoms. The molecule has 0 amide bonds. The summed E-state index contributed by atoms with van der Waals surface area (Å²) in [6, 6.07) is 25.9. The normalized spacial score (nSPS) is 8.78. The van der Waals surface area contributed by atoms with Crippen molar-refractivity contribution in [2.24, 2.45) is 0 Å². The molecule has 8 heterocycles. The Morgan fingerprint density at radius 3 is 1.29 bits per heavy atom. The van der Waals surface area contributed by atoms with Gasteiger partial charge < -0.3 is 9.97 Å². The zero-order valence-corrected chi connectivity index (χ0v) is 37.3. The predicted molar refractivity (Wildman–Crippen MR) is 245 cm³/mol. The number of aromatic amines is 2. The van der Waals surface area contributed by atoms with Gasteiger partial charge in [0.05, 0.1) is 22.4 Å². The fraction of sp³-hybridized carbons (Fsp3) is 0.200. The molecule has 2 N–H and O–H groups in total. The molecule has 0 atom stereocenters. The highest BCUT2D eigenvalue weighted by molar-refractivity contribution is 7.09. The van der Waals surface area contributed by atoms with Gasteiger partial charge >= 0.3 is 0 Å². The van der Waals surface area contributed by atoms with Crippen LogP contribution in [0.1, 0.15) is 49.6 Å². The van der Waals surface area contributed by atoms with Crippen LogP contribution in [0, 0.1) is 62.3 Å². The Balaban J connectivity index is 0.000000327. The van der Waals surface area contributed by atoms with Crippen molar-refractivity contribution < 1.29 is 0 Å². The third kappa shape index (κ3) is 32.2. The van der Waals surface area contributed by atoms with E-state index in [1.165, 1.54) is 16.0 Å². The zero-order chi connectivity index (χ0) is 42.5. The number of nitrogens with zero attached hydrogens (tertiary/aromatic N) is 8. The number of pyridine rings is 3. The average Bonchev–Trinajstić information content (AvgIpc) is 4.10. The third-order valence-electron chi connectivity index (χ3n) is 6.35. The summed E-state index contributed by atoms with van der Waals surface area (Å²) in [6.45, 7) is 18.0. The van der Waals surface area contributed by atoms with Crippen molar-refractivity contribution in [1.29, 1.82) is 0 Å². The average molecular weight is 833 g/mol. The standard InChI is InChI=1S/C7H8.3C6H7N.2C4H6N2.3C4H5NS/c1-7-5-3-2-4-6-7;1-6-2-4-7-5-3-6;2*1-6-4-2-3-5-7-6;1-4-2-5-3-6-4;1-4-5-2-3-6-4;1-4-2-6-3-5-4;1-4-2-5-3-6-4;1-4-5-2-3-6-4/h2-6H,1H3;3*2-5H,1H3;2*2-3H,1H3,(H,5,6);3*2-3H,1H3. The van der Waals surface area contributed by atoms with E-state index in [1.807, 2.05) is 150 Å². The lowest BCUT2D eigenvalue weighted by molar-refractivity contribution is 1.15. The van der Waals surface area contributed by atoms with E-state index in [1.54, 1.807) is 89.9 Å². The molecule has 0 aliphatic carbocycles. The summed E-state index contributed by atoms with van der Waals surface area (Å²) in [5, 5.41) is 5.12. The van der Waals surface area contributed by atoms with E-state index in [4.69, 9.17) is 0 Å². The Hall–Kier alpha value is -6.02. The summed E-state index contributed by atoms with van der Waals surface area (Å²) in [4.78, 5) is 38.2. The smallest absolute Gasteiger partial charge is 0.102 e. The summed E-state index contributed by atoms with van der Waals surface area (Å²) in [6.07, 6.45) is 17.8. The van der Waals surface area contributed by atoms with Gasteiger partial charge in [-0.25, -0.2) is 9.97 Å². The second-order valence-electron chi connectivity index (χ2n) is 11.8. The molecule has 9 aromatic rings. The first-order chi connectivity index (χ1) is 28.0. The number of imidazole rings is 2. The van der Waals surface area contributed by atoms with Crippen LogP contribution in [-0.4, -0.2) is 49.8 Å². The Morgan fingerprint density at radius 2 is 1.10 bits per heavy atom. The minimum absolute atomic E-state index is 0.968. The number of hydrogen-bond acceptors (Lipinski definition) is 11. The summed E-state index contributed by atoms with van der Waals surface area (Å²) >= 11 is 4.96. The van der Waals surface area contributed by atoms with Gasteiger partial charge in [-0.05, 0) is 104 Å². The first-order valence-electron chi connectivity index (χ1n) is 18.2. The number of aryl methyl sites for hydroxylation is 9. The van der Waals surface area contributed by atoms with Gasteiger partial charge in [-0.1, -0.05) is 48.0 Å². The molecule has 0 radical (unpaired) electrons. The molecule has 0 spiro atoms. The third-order valence-corrected chi connectivity index (χ3v) is 8.46. The van der Waals surface area contributed by atoms with E-state index in [-0.39, 0.29) is 0 Å². The van der Waals surface area contributed by atoms with E-state index < -0.39 is 0 Å². The second kappa shape index (κ2) is 34.2. The fourth-order valence-corrected chi connectivity index (χ4v) is 4.77. The van der Waals surface area contributed by atoms with Crippen LogP contribution in [0.15, 0.2) is 163 Å². The monoisotopic (exact) mass is 832 g/mol. The molecule has 13 heteroatoms. The minimum atomic E-state index is 0.968. The number of aromatic nitrogens is 10. The maximum absolute atomic E-state index is 3.98. The SMILES string of the molecule is Cc1ccccc1.Cc1ccccn1.Cc1ccccn1.Cc1ccncc1.Cc1cnc[nH]1.Cc1cncs1.Cc1cscn1.Cc1ncc[nH]1.Cc1nccs1. The van der Waals surface area contributed by atoms with Gasteiger partial charge in [0.1, 0.15) is 5.82 Å². The van der Waals surface area contributed by atoms with Crippen molar-refractivity contribution in [3.8, 4) is 0 Å². The maximum atomic E-state index is 3.98. The van der Waals surface area contributed by atoms with Crippen LogP contribution in [0.25, 0.3) is 0 Å². The first-order valence-corrected chi connectivity index (χ1v) is 20.9. The van der Waals surface area contributed by atoms with Gasteiger partial charge in [0.15, 0.2) is 0 Å². The maximum Gasteiger partial charge on any atom is 0.102 e. The highest BCUT2D eigenvalue weighted by Crippen LogP contribution is 2.00. The molecule has 0 saturated heterocycles. The molecule has 9 rings (SSSR count). The fourth-order valence-electron chi connectivity index (χ4n) is 3.37. The summed E-state index contributed by atoms with van der Waals surface area (Å²) < 4.78 is 0. The molecule has 0 bridgehead atoms. The first kappa shape index (κ1) is 50.0. The van der Waals surface area contributed by atoms with E-state index in [0.29, 0.717) is 0 Å². The van der Waals surface area contributed by atoms with Gasteiger partial charge in [0.2, 0.25) is 0 Å². The number of nitrogens with one attached hydrogen (secondary N) is 2. The summed E-state index contributed by atoms with van der Waals surface area (Å²) in [5.41, 5.74) is 10.6. The van der Waals surface area contributed by atoms with Crippen molar-refractivity contribution in [1.82, 2.24) is 49.8 Å². The van der Waals surface area contributed by atoms with E-state index >= 15 is 0 Å². The van der Waals surface area contributed by atoms with E-state index in [2.05, 4.69) is 68.9 Å². The lowest BCUT2D eigenvalue weighted by Crippen LogP contribution is -1.72. The lowest BCUT2D eigenvalue weighted by atomic mass is 10.2. The van der Waals surface area contributed by atoms with Gasteiger partial charge in [0.25, 0.3) is 0 Å². The van der Waals surface area contributed by atoms with Crippen molar-refractivity contribution in [2.45, 2.75) is 62.3 Å². The molecular weight excluding hydrogens is 777 g/mol. The lowest BCUT2D eigenvalue weighted by Gasteiger charge is -1.82. The van der Waals surface area contributed by atoms with Crippen LogP contribution in [0.4, 0.5) is 0 Å². The van der Waals surface area contributed by atoms with Gasteiger partial charge in [-0.3, -0.25) is 29.9 Å².